The van der Waals surface area contributed by atoms with Gasteiger partial charge < -0.3 is 4.74 Å². The smallest absolute Gasteiger partial charge is 0.331 e. The maximum Gasteiger partial charge on any atom is 0.331 e. The van der Waals surface area contributed by atoms with Gasteiger partial charge in [-0.25, -0.2) is 4.79 Å². The molecule has 11 heavy (non-hydrogen) atoms. The molecule has 0 atom stereocenters. The topological polar surface area (TPSA) is 26.3 Å². The Hall–Kier alpha value is -1.05. The minimum atomic E-state index is -0.194. The van der Waals surface area contributed by atoms with Crippen LogP contribution in [0.2, 0.25) is 0 Å². The van der Waals surface area contributed by atoms with Gasteiger partial charge in [-0.2, -0.15) is 0 Å². The lowest BCUT2D eigenvalue weighted by Gasteiger charge is -1.94. The number of esters is 1. The summed E-state index contributed by atoms with van der Waals surface area (Å²) in [5.41, 5.74) is 1.10. The Morgan fingerprint density at radius 3 is 3.09 bits per heavy atom. The number of allylic oxidation sites excluding steroid dienone is 2. The number of carbonyl (C=O) groups excluding carboxylic acids is 1. The highest BCUT2D eigenvalue weighted by molar-refractivity contribution is 5.85. The third-order valence-corrected chi connectivity index (χ3v) is 1.59. The van der Waals surface area contributed by atoms with E-state index in [9.17, 15) is 4.79 Å². The second-order valence-electron chi connectivity index (χ2n) is 2.52. The largest absolute Gasteiger partial charge is 0.458 e. The minimum absolute atomic E-state index is 0.194. The summed E-state index contributed by atoms with van der Waals surface area (Å²) in [6.45, 7) is 2.49. The van der Waals surface area contributed by atoms with E-state index in [-0.39, 0.29) is 5.97 Å². The van der Waals surface area contributed by atoms with Crippen LogP contribution in [-0.4, -0.2) is 12.6 Å². The van der Waals surface area contributed by atoms with Gasteiger partial charge in [0.2, 0.25) is 0 Å². The molecule has 2 nitrogen and oxygen atoms in total. The summed E-state index contributed by atoms with van der Waals surface area (Å²) < 4.78 is 4.74. The maximum absolute atomic E-state index is 10.6. The van der Waals surface area contributed by atoms with Gasteiger partial charge in [-0.05, 0) is 25.3 Å². The summed E-state index contributed by atoms with van der Waals surface area (Å²) in [6.07, 6.45) is 7.63. The predicted molar refractivity (Wildman–Crippen MR) is 43.1 cm³/mol. The SMILES string of the molecule is C/C=C/CCC1=CC(=O)OC1. The molecule has 0 saturated carbocycles. The first kappa shape index (κ1) is 8.05. The number of ether oxygens (including phenoxy) is 1. The molecule has 0 aliphatic carbocycles. The highest BCUT2D eigenvalue weighted by Gasteiger charge is 2.10. The average molecular weight is 152 g/mol. The van der Waals surface area contributed by atoms with Crippen molar-refractivity contribution in [3.63, 3.8) is 0 Å². The Morgan fingerprint density at radius 2 is 2.55 bits per heavy atom. The van der Waals surface area contributed by atoms with Crippen molar-refractivity contribution >= 4 is 5.97 Å². The fourth-order valence-corrected chi connectivity index (χ4v) is 0.994. The van der Waals surface area contributed by atoms with Gasteiger partial charge in [-0.1, -0.05) is 12.2 Å². The van der Waals surface area contributed by atoms with E-state index in [2.05, 4.69) is 6.08 Å². The number of cyclic esters (lactones) is 1. The van der Waals surface area contributed by atoms with Crippen molar-refractivity contribution in [1.29, 1.82) is 0 Å². The van der Waals surface area contributed by atoms with Gasteiger partial charge in [-0.15, -0.1) is 0 Å². The van der Waals surface area contributed by atoms with E-state index in [1.54, 1.807) is 6.08 Å². The summed E-state index contributed by atoms with van der Waals surface area (Å²) in [6, 6.07) is 0. The van der Waals surface area contributed by atoms with E-state index >= 15 is 0 Å². The molecule has 0 aromatic rings. The molecule has 60 valence electrons. The van der Waals surface area contributed by atoms with Gasteiger partial charge in [0.15, 0.2) is 0 Å². The molecule has 0 spiro atoms. The van der Waals surface area contributed by atoms with Crippen molar-refractivity contribution in [3.05, 3.63) is 23.8 Å². The van der Waals surface area contributed by atoms with Gasteiger partial charge in [0.05, 0.1) is 0 Å². The van der Waals surface area contributed by atoms with Crippen LogP contribution < -0.4 is 0 Å². The molecular weight excluding hydrogens is 140 g/mol. The minimum Gasteiger partial charge on any atom is -0.458 e. The lowest BCUT2D eigenvalue weighted by atomic mass is 10.1. The Kier molecular flexibility index (Phi) is 2.90. The van der Waals surface area contributed by atoms with Crippen LogP contribution >= 0.6 is 0 Å². The Balaban J connectivity index is 2.27. The molecule has 0 radical (unpaired) electrons. The zero-order valence-corrected chi connectivity index (χ0v) is 6.67. The third-order valence-electron chi connectivity index (χ3n) is 1.59. The van der Waals surface area contributed by atoms with E-state index in [0.717, 1.165) is 18.4 Å². The molecule has 0 fully saturated rings. The predicted octanol–water partition coefficient (Wildman–Crippen LogP) is 1.83. The highest BCUT2D eigenvalue weighted by atomic mass is 16.5. The monoisotopic (exact) mass is 152 g/mol. The lowest BCUT2D eigenvalue weighted by Crippen LogP contribution is -1.91. The van der Waals surface area contributed by atoms with Gasteiger partial charge in [0.1, 0.15) is 6.61 Å². The van der Waals surface area contributed by atoms with Gasteiger partial charge in [-0.3, -0.25) is 0 Å². The van der Waals surface area contributed by atoms with E-state index in [1.165, 1.54) is 0 Å². The normalized spacial score (nSPS) is 17.2. The zero-order valence-electron chi connectivity index (χ0n) is 6.67. The molecule has 0 N–H and O–H groups in total. The Bertz CT molecular complexity index is 202. The average Bonchev–Trinajstić information content (AvgIpc) is 2.37. The molecular formula is C9H12O2. The van der Waals surface area contributed by atoms with Crippen LogP contribution in [0.15, 0.2) is 23.8 Å². The molecule has 0 bridgehead atoms. The molecule has 0 aromatic heterocycles. The molecule has 1 aliphatic heterocycles. The maximum atomic E-state index is 10.6. The Labute approximate surface area is 66.5 Å². The summed E-state index contributed by atoms with van der Waals surface area (Å²) >= 11 is 0. The first-order chi connectivity index (χ1) is 5.33. The van der Waals surface area contributed by atoms with Crippen molar-refractivity contribution in [2.45, 2.75) is 19.8 Å². The lowest BCUT2D eigenvalue weighted by molar-refractivity contribution is -0.134. The standard InChI is InChI=1S/C9H12O2/c1-2-3-4-5-8-6-9(10)11-7-8/h2-3,6H,4-5,7H2,1H3/b3-2+. The first-order valence-corrected chi connectivity index (χ1v) is 3.80. The molecule has 0 unspecified atom stereocenters. The quantitative estimate of drug-likeness (QED) is 0.455. The van der Waals surface area contributed by atoms with Crippen LogP contribution in [0.4, 0.5) is 0 Å². The second-order valence-corrected chi connectivity index (χ2v) is 2.52. The highest BCUT2D eigenvalue weighted by Crippen LogP contribution is 2.12. The summed E-state index contributed by atoms with van der Waals surface area (Å²) in [5.74, 6) is -0.194. The van der Waals surface area contributed by atoms with Crippen LogP contribution in [0.1, 0.15) is 19.8 Å². The summed E-state index contributed by atoms with van der Waals surface area (Å²) in [4.78, 5) is 10.6. The third kappa shape index (κ3) is 2.58. The molecule has 0 saturated heterocycles. The fraction of sp³-hybridized carbons (Fsp3) is 0.444. The molecule has 1 rings (SSSR count). The second kappa shape index (κ2) is 3.96. The number of hydrogen-bond acceptors (Lipinski definition) is 2. The molecule has 1 aliphatic rings. The zero-order chi connectivity index (χ0) is 8.10. The van der Waals surface area contributed by atoms with Crippen LogP contribution in [0.25, 0.3) is 0 Å². The van der Waals surface area contributed by atoms with Crippen molar-refractivity contribution in [1.82, 2.24) is 0 Å². The number of rotatable bonds is 3. The first-order valence-electron chi connectivity index (χ1n) is 3.80. The summed E-state index contributed by atoms with van der Waals surface area (Å²) in [5, 5.41) is 0. The van der Waals surface area contributed by atoms with Crippen LogP contribution in [0.3, 0.4) is 0 Å². The van der Waals surface area contributed by atoms with Crippen molar-refractivity contribution < 1.29 is 9.53 Å². The van der Waals surface area contributed by atoms with Crippen LogP contribution in [0, 0.1) is 0 Å². The molecule has 2 heteroatoms. The van der Waals surface area contributed by atoms with E-state index in [0.29, 0.717) is 6.61 Å². The van der Waals surface area contributed by atoms with Gasteiger partial charge in [0, 0.05) is 6.08 Å². The molecule has 1 heterocycles. The Morgan fingerprint density at radius 1 is 1.73 bits per heavy atom. The summed E-state index contributed by atoms with van der Waals surface area (Å²) in [7, 11) is 0. The van der Waals surface area contributed by atoms with Crippen LogP contribution in [0.5, 0.6) is 0 Å². The fourth-order valence-electron chi connectivity index (χ4n) is 0.994. The van der Waals surface area contributed by atoms with E-state index in [1.807, 2.05) is 13.0 Å². The van der Waals surface area contributed by atoms with E-state index < -0.39 is 0 Å². The van der Waals surface area contributed by atoms with Crippen LogP contribution in [-0.2, 0) is 9.53 Å². The van der Waals surface area contributed by atoms with Crippen molar-refractivity contribution in [2.24, 2.45) is 0 Å². The van der Waals surface area contributed by atoms with Gasteiger partial charge >= 0.3 is 5.97 Å². The van der Waals surface area contributed by atoms with Gasteiger partial charge in [0.25, 0.3) is 0 Å². The molecule has 0 aromatic carbocycles. The molecule has 0 amide bonds. The van der Waals surface area contributed by atoms with Crippen molar-refractivity contribution in [3.8, 4) is 0 Å². The van der Waals surface area contributed by atoms with Crippen molar-refractivity contribution in [2.75, 3.05) is 6.61 Å². The van der Waals surface area contributed by atoms with E-state index in [4.69, 9.17) is 4.74 Å². The number of hydrogen-bond donors (Lipinski definition) is 0. The number of carbonyl (C=O) groups is 1.